The van der Waals surface area contributed by atoms with Gasteiger partial charge in [-0.2, -0.15) is 0 Å². The van der Waals surface area contributed by atoms with E-state index in [1.54, 1.807) is 0 Å². The van der Waals surface area contributed by atoms with E-state index < -0.39 is 0 Å². The van der Waals surface area contributed by atoms with Gasteiger partial charge in [0.05, 0.1) is 0 Å². The number of likely N-dealkylation sites (tertiary alicyclic amines) is 1. The molecule has 0 unspecified atom stereocenters. The number of hydrogen-bond donors (Lipinski definition) is 0. The Labute approximate surface area is 104 Å². The largest absolute Gasteiger partial charge is 0.343 e. The number of amides is 1. The van der Waals surface area contributed by atoms with Gasteiger partial charge in [-0.15, -0.1) is 11.6 Å². The summed E-state index contributed by atoms with van der Waals surface area (Å²) in [6.45, 7) is 6.48. The molecule has 0 aromatic heterocycles. The van der Waals surface area contributed by atoms with E-state index >= 15 is 0 Å². The molecule has 94 valence electrons. The summed E-state index contributed by atoms with van der Waals surface area (Å²) in [4.78, 5) is 14.0. The molecule has 0 aromatic carbocycles. The van der Waals surface area contributed by atoms with Crippen LogP contribution >= 0.6 is 11.6 Å². The lowest BCUT2D eigenvalue weighted by atomic mass is 9.85. The van der Waals surface area contributed by atoms with Gasteiger partial charge < -0.3 is 4.90 Å². The predicted octanol–water partition coefficient (Wildman–Crippen LogP) is 3.43. The summed E-state index contributed by atoms with van der Waals surface area (Å²) >= 11 is 5.61. The summed E-state index contributed by atoms with van der Waals surface area (Å²) in [5.41, 5.74) is 0.408. The maximum Gasteiger partial charge on any atom is 0.222 e. The molecule has 1 rings (SSSR count). The van der Waals surface area contributed by atoms with Gasteiger partial charge in [-0.3, -0.25) is 4.79 Å². The summed E-state index contributed by atoms with van der Waals surface area (Å²) in [5, 5.41) is 0. The number of carbonyl (C=O) groups excluding carboxylic acids is 1. The molecule has 0 radical (unpaired) electrons. The van der Waals surface area contributed by atoms with Crippen LogP contribution in [0.4, 0.5) is 0 Å². The quantitative estimate of drug-likeness (QED) is 0.549. The van der Waals surface area contributed by atoms with Gasteiger partial charge in [0, 0.05) is 25.4 Å². The van der Waals surface area contributed by atoms with Crippen molar-refractivity contribution in [3.05, 3.63) is 0 Å². The first-order chi connectivity index (χ1) is 7.55. The van der Waals surface area contributed by atoms with Gasteiger partial charge in [0.15, 0.2) is 0 Å². The van der Waals surface area contributed by atoms with Crippen molar-refractivity contribution >= 4 is 17.5 Å². The Morgan fingerprint density at radius 3 is 2.69 bits per heavy atom. The van der Waals surface area contributed by atoms with E-state index in [9.17, 15) is 4.79 Å². The SMILES string of the molecule is CC1(C)CCCN(C(=O)CCCCCl)CC1. The number of hydrogen-bond acceptors (Lipinski definition) is 1. The molecule has 1 amide bonds. The first kappa shape index (κ1) is 13.8. The van der Waals surface area contributed by atoms with Crippen LogP contribution in [0, 0.1) is 5.41 Å². The summed E-state index contributed by atoms with van der Waals surface area (Å²) < 4.78 is 0. The molecule has 1 heterocycles. The Morgan fingerprint density at radius 2 is 2.00 bits per heavy atom. The lowest BCUT2D eigenvalue weighted by molar-refractivity contribution is -0.131. The lowest BCUT2D eigenvalue weighted by Gasteiger charge is -2.23. The highest BCUT2D eigenvalue weighted by Crippen LogP contribution is 2.29. The van der Waals surface area contributed by atoms with Crippen LogP contribution < -0.4 is 0 Å². The molecule has 0 saturated carbocycles. The van der Waals surface area contributed by atoms with Crippen LogP contribution in [0.2, 0.25) is 0 Å². The Kier molecular flexibility index (Phi) is 5.60. The number of alkyl halides is 1. The normalized spacial score (nSPS) is 20.6. The molecule has 0 spiro atoms. The third kappa shape index (κ3) is 4.73. The van der Waals surface area contributed by atoms with Crippen molar-refractivity contribution in [2.24, 2.45) is 5.41 Å². The van der Waals surface area contributed by atoms with E-state index in [4.69, 9.17) is 11.6 Å². The first-order valence-corrected chi connectivity index (χ1v) is 6.92. The molecule has 3 heteroatoms. The van der Waals surface area contributed by atoms with E-state index in [2.05, 4.69) is 13.8 Å². The van der Waals surface area contributed by atoms with Crippen LogP contribution in [-0.4, -0.2) is 29.8 Å². The Hall–Kier alpha value is -0.240. The van der Waals surface area contributed by atoms with Gasteiger partial charge >= 0.3 is 0 Å². The maximum atomic E-state index is 11.9. The topological polar surface area (TPSA) is 20.3 Å². The highest BCUT2D eigenvalue weighted by molar-refractivity contribution is 6.17. The summed E-state index contributed by atoms with van der Waals surface area (Å²) in [7, 11) is 0. The zero-order chi connectivity index (χ0) is 12.0. The number of rotatable bonds is 4. The van der Waals surface area contributed by atoms with E-state index in [-0.39, 0.29) is 0 Å². The molecule has 0 atom stereocenters. The highest BCUT2D eigenvalue weighted by atomic mass is 35.5. The van der Waals surface area contributed by atoms with E-state index in [0.717, 1.165) is 38.8 Å². The van der Waals surface area contributed by atoms with Crippen LogP contribution in [0.15, 0.2) is 0 Å². The van der Waals surface area contributed by atoms with Crippen molar-refractivity contribution in [1.29, 1.82) is 0 Å². The van der Waals surface area contributed by atoms with Gasteiger partial charge in [-0.1, -0.05) is 13.8 Å². The molecule has 0 bridgehead atoms. The van der Waals surface area contributed by atoms with Gasteiger partial charge in [0.25, 0.3) is 0 Å². The van der Waals surface area contributed by atoms with Crippen molar-refractivity contribution in [2.45, 2.75) is 52.4 Å². The van der Waals surface area contributed by atoms with Gasteiger partial charge in [-0.05, 0) is 37.5 Å². The molecular formula is C13H24ClNO. The van der Waals surface area contributed by atoms with Crippen LogP contribution in [0.1, 0.15) is 52.4 Å². The average Bonchev–Trinajstić information content (AvgIpc) is 2.39. The fourth-order valence-electron chi connectivity index (χ4n) is 2.20. The number of nitrogens with zero attached hydrogens (tertiary/aromatic N) is 1. The molecule has 2 nitrogen and oxygen atoms in total. The summed E-state index contributed by atoms with van der Waals surface area (Å²) in [6.07, 6.45) is 6.07. The van der Waals surface area contributed by atoms with Crippen LogP contribution in [0.3, 0.4) is 0 Å². The lowest BCUT2D eigenvalue weighted by Crippen LogP contribution is -2.32. The standard InChI is InChI=1S/C13H24ClNO/c1-13(2)7-5-10-15(11-8-13)12(16)6-3-4-9-14/h3-11H2,1-2H3. The monoisotopic (exact) mass is 245 g/mol. The average molecular weight is 246 g/mol. The number of unbranched alkanes of at least 4 members (excludes halogenated alkanes) is 1. The first-order valence-electron chi connectivity index (χ1n) is 6.39. The van der Waals surface area contributed by atoms with Crippen LogP contribution in [0.5, 0.6) is 0 Å². The summed E-state index contributed by atoms with van der Waals surface area (Å²) in [6, 6.07) is 0. The molecule has 1 aliphatic heterocycles. The van der Waals surface area contributed by atoms with Crippen molar-refractivity contribution in [3.63, 3.8) is 0 Å². The second kappa shape index (κ2) is 6.48. The Balaban J connectivity index is 2.33. The van der Waals surface area contributed by atoms with Crippen molar-refractivity contribution in [2.75, 3.05) is 19.0 Å². The second-order valence-electron chi connectivity index (χ2n) is 5.54. The van der Waals surface area contributed by atoms with Gasteiger partial charge in [0.2, 0.25) is 5.91 Å². The molecule has 0 aliphatic carbocycles. The van der Waals surface area contributed by atoms with E-state index in [0.29, 0.717) is 23.6 Å². The maximum absolute atomic E-state index is 11.9. The highest BCUT2D eigenvalue weighted by Gasteiger charge is 2.24. The van der Waals surface area contributed by atoms with E-state index in [1.165, 1.54) is 6.42 Å². The van der Waals surface area contributed by atoms with Crippen molar-refractivity contribution < 1.29 is 4.79 Å². The fourth-order valence-corrected chi connectivity index (χ4v) is 2.39. The Bertz CT molecular complexity index is 228. The molecular weight excluding hydrogens is 222 g/mol. The molecule has 0 aromatic rings. The molecule has 1 saturated heterocycles. The summed E-state index contributed by atoms with van der Waals surface area (Å²) in [5.74, 6) is 0.989. The third-order valence-electron chi connectivity index (χ3n) is 3.47. The minimum atomic E-state index is 0.322. The smallest absolute Gasteiger partial charge is 0.222 e. The number of halogens is 1. The predicted molar refractivity (Wildman–Crippen MR) is 68.8 cm³/mol. The van der Waals surface area contributed by atoms with E-state index in [1.807, 2.05) is 4.90 Å². The minimum Gasteiger partial charge on any atom is -0.343 e. The Morgan fingerprint density at radius 1 is 1.25 bits per heavy atom. The molecule has 1 aliphatic rings. The second-order valence-corrected chi connectivity index (χ2v) is 5.92. The number of carbonyl (C=O) groups is 1. The van der Waals surface area contributed by atoms with Crippen molar-refractivity contribution in [3.8, 4) is 0 Å². The minimum absolute atomic E-state index is 0.322. The zero-order valence-electron chi connectivity index (χ0n) is 10.6. The van der Waals surface area contributed by atoms with Crippen LogP contribution in [0.25, 0.3) is 0 Å². The molecule has 16 heavy (non-hydrogen) atoms. The van der Waals surface area contributed by atoms with Crippen molar-refractivity contribution in [1.82, 2.24) is 4.90 Å². The van der Waals surface area contributed by atoms with Crippen LogP contribution in [-0.2, 0) is 4.79 Å². The van der Waals surface area contributed by atoms with Gasteiger partial charge in [-0.25, -0.2) is 0 Å². The van der Waals surface area contributed by atoms with Gasteiger partial charge in [0.1, 0.15) is 0 Å². The zero-order valence-corrected chi connectivity index (χ0v) is 11.4. The fraction of sp³-hybridized carbons (Fsp3) is 0.923. The molecule has 0 N–H and O–H groups in total. The molecule has 1 fully saturated rings. The third-order valence-corrected chi connectivity index (χ3v) is 3.73.